The van der Waals surface area contributed by atoms with Gasteiger partial charge in [-0.1, -0.05) is 67.1 Å². The van der Waals surface area contributed by atoms with Crippen molar-refractivity contribution in [3.63, 3.8) is 0 Å². The molecular formula is C25H28N2O3S. The molecule has 0 saturated carbocycles. The van der Waals surface area contributed by atoms with Crippen LogP contribution in [0.3, 0.4) is 0 Å². The summed E-state index contributed by atoms with van der Waals surface area (Å²) in [6.45, 7) is 5.59. The van der Waals surface area contributed by atoms with E-state index in [1.165, 1.54) is 16.4 Å². The van der Waals surface area contributed by atoms with Crippen LogP contribution in [0.15, 0.2) is 83.8 Å². The van der Waals surface area contributed by atoms with Crippen LogP contribution in [0.5, 0.6) is 0 Å². The van der Waals surface area contributed by atoms with Gasteiger partial charge in [-0.25, -0.2) is 8.42 Å². The van der Waals surface area contributed by atoms with Crippen LogP contribution in [-0.2, 0) is 14.8 Å². The van der Waals surface area contributed by atoms with E-state index in [1.54, 1.807) is 36.4 Å². The van der Waals surface area contributed by atoms with Gasteiger partial charge < -0.3 is 5.32 Å². The topological polar surface area (TPSA) is 66.5 Å². The highest BCUT2D eigenvalue weighted by Gasteiger charge is 2.28. The Morgan fingerprint density at radius 3 is 2.19 bits per heavy atom. The molecule has 6 heteroatoms. The standard InChI is InChI=1S/C25H28N2O3S/c1-4-24(21-15-13-19(2)14-16-21)26-25(28)18-27(22-10-8-9-20(3)17-22)31(29,30)23-11-6-5-7-12-23/h5-17,24H,4,18H2,1-3H3,(H,26,28). The molecule has 162 valence electrons. The van der Waals surface area contributed by atoms with Crippen LogP contribution in [0.4, 0.5) is 5.69 Å². The maximum absolute atomic E-state index is 13.4. The number of carbonyl (C=O) groups is 1. The second kappa shape index (κ2) is 9.79. The Morgan fingerprint density at radius 2 is 1.58 bits per heavy atom. The molecule has 3 aromatic carbocycles. The molecule has 1 N–H and O–H groups in total. The summed E-state index contributed by atoms with van der Waals surface area (Å²) in [5, 5.41) is 3.00. The number of hydrogen-bond acceptors (Lipinski definition) is 3. The number of anilines is 1. The number of hydrogen-bond donors (Lipinski definition) is 1. The molecule has 0 aliphatic rings. The third-order valence-corrected chi connectivity index (χ3v) is 6.92. The molecule has 0 saturated heterocycles. The fraction of sp³-hybridized carbons (Fsp3) is 0.240. The first kappa shape index (κ1) is 22.6. The van der Waals surface area contributed by atoms with Crippen molar-refractivity contribution < 1.29 is 13.2 Å². The fourth-order valence-electron chi connectivity index (χ4n) is 3.41. The number of amides is 1. The summed E-state index contributed by atoms with van der Waals surface area (Å²) >= 11 is 0. The van der Waals surface area contributed by atoms with Gasteiger partial charge in [0, 0.05) is 0 Å². The zero-order valence-corrected chi connectivity index (χ0v) is 18.9. The van der Waals surface area contributed by atoms with Gasteiger partial charge in [0.25, 0.3) is 10.0 Å². The average Bonchev–Trinajstić information content (AvgIpc) is 2.77. The largest absolute Gasteiger partial charge is 0.348 e. The van der Waals surface area contributed by atoms with E-state index in [1.807, 2.05) is 51.1 Å². The van der Waals surface area contributed by atoms with Gasteiger partial charge in [0.2, 0.25) is 5.91 Å². The Hall–Kier alpha value is -3.12. The number of benzene rings is 3. The van der Waals surface area contributed by atoms with E-state index < -0.39 is 10.0 Å². The lowest BCUT2D eigenvalue weighted by Gasteiger charge is -2.26. The summed E-state index contributed by atoms with van der Waals surface area (Å²) < 4.78 is 27.9. The van der Waals surface area contributed by atoms with E-state index >= 15 is 0 Å². The molecule has 1 amide bonds. The zero-order chi connectivity index (χ0) is 22.4. The zero-order valence-electron chi connectivity index (χ0n) is 18.1. The minimum Gasteiger partial charge on any atom is -0.348 e. The molecular weight excluding hydrogens is 408 g/mol. The van der Waals surface area contributed by atoms with Gasteiger partial charge in [0.1, 0.15) is 6.54 Å². The SMILES string of the molecule is CCC(NC(=O)CN(c1cccc(C)c1)S(=O)(=O)c1ccccc1)c1ccc(C)cc1. The number of nitrogens with one attached hydrogen (secondary N) is 1. The minimum atomic E-state index is -3.91. The number of carbonyl (C=O) groups excluding carboxylic acids is 1. The van der Waals surface area contributed by atoms with E-state index in [4.69, 9.17) is 0 Å². The van der Waals surface area contributed by atoms with Crippen molar-refractivity contribution in [2.45, 2.75) is 38.1 Å². The van der Waals surface area contributed by atoms with Crippen molar-refractivity contribution in [2.75, 3.05) is 10.8 Å². The molecule has 5 nitrogen and oxygen atoms in total. The molecule has 0 bridgehead atoms. The van der Waals surface area contributed by atoms with Gasteiger partial charge in [0.15, 0.2) is 0 Å². The molecule has 0 fully saturated rings. The summed E-state index contributed by atoms with van der Waals surface area (Å²) in [5.41, 5.74) is 3.51. The lowest BCUT2D eigenvalue weighted by atomic mass is 10.0. The second-order valence-electron chi connectivity index (χ2n) is 7.60. The molecule has 0 aliphatic carbocycles. The molecule has 0 heterocycles. The Kier molecular flexibility index (Phi) is 7.13. The van der Waals surface area contributed by atoms with Gasteiger partial charge in [-0.2, -0.15) is 0 Å². The van der Waals surface area contributed by atoms with Crippen LogP contribution in [0, 0.1) is 13.8 Å². The molecule has 1 atom stereocenters. The predicted octanol–water partition coefficient (Wildman–Crippen LogP) is 4.77. The van der Waals surface area contributed by atoms with Crippen LogP contribution in [0.25, 0.3) is 0 Å². The first-order valence-corrected chi connectivity index (χ1v) is 11.8. The first-order valence-electron chi connectivity index (χ1n) is 10.3. The molecule has 0 radical (unpaired) electrons. The summed E-state index contributed by atoms with van der Waals surface area (Å²) in [6.07, 6.45) is 0.699. The highest BCUT2D eigenvalue weighted by Crippen LogP contribution is 2.25. The first-order chi connectivity index (χ1) is 14.8. The Balaban J connectivity index is 1.89. The van der Waals surface area contributed by atoms with Crippen molar-refractivity contribution in [3.8, 4) is 0 Å². The molecule has 0 aromatic heterocycles. The molecule has 0 spiro atoms. The van der Waals surface area contributed by atoms with Crippen molar-refractivity contribution in [1.29, 1.82) is 0 Å². The van der Waals surface area contributed by atoms with Crippen LogP contribution >= 0.6 is 0 Å². The van der Waals surface area contributed by atoms with E-state index in [-0.39, 0.29) is 23.4 Å². The van der Waals surface area contributed by atoms with Crippen LogP contribution < -0.4 is 9.62 Å². The van der Waals surface area contributed by atoms with Crippen molar-refractivity contribution in [1.82, 2.24) is 5.32 Å². The highest BCUT2D eigenvalue weighted by atomic mass is 32.2. The molecule has 31 heavy (non-hydrogen) atoms. The normalized spacial score (nSPS) is 12.2. The van der Waals surface area contributed by atoms with Gasteiger partial charge in [0.05, 0.1) is 16.6 Å². The van der Waals surface area contributed by atoms with E-state index in [9.17, 15) is 13.2 Å². The Labute approximate surface area is 184 Å². The van der Waals surface area contributed by atoms with Gasteiger partial charge in [-0.3, -0.25) is 9.10 Å². The number of aryl methyl sites for hydroxylation is 2. The van der Waals surface area contributed by atoms with Crippen molar-refractivity contribution in [2.24, 2.45) is 0 Å². The summed E-state index contributed by atoms with van der Waals surface area (Å²) in [5.74, 6) is -0.353. The maximum atomic E-state index is 13.4. The molecule has 0 aliphatic heterocycles. The Bertz CT molecular complexity index is 1130. The van der Waals surface area contributed by atoms with Crippen molar-refractivity contribution >= 4 is 21.6 Å². The van der Waals surface area contributed by atoms with Crippen LogP contribution in [0.1, 0.15) is 36.1 Å². The lowest BCUT2D eigenvalue weighted by molar-refractivity contribution is -0.120. The molecule has 3 rings (SSSR count). The number of rotatable bonds is 8. The molecule has 3 aromatic rings. The summed E-state index contributed by atoms with van der Waals surface area (Å²) in [7, 11) is -3.91. The number of sulfonamides is 1. The minimum absolute atomic E-state index is 0.148. The third-order valence-electron chi connectivity index (χ3n) is 5.13. The smallest absolute Gasteiger partial charge is 0.264 e. The monoisotopic (exact) mass is 436 g/mol. The van der Waals surface area contributed by atoms with E-state index in [0.29, 0.717) is 12.1 Å². The van der Waals surface area contributed by atoms with E-state index in [0.717, 1.165) is 16.7 Å². The maximum Gasteiger partial charge on any atom is 0.264 e. The lowest BCUT2D eigenvalue weighted by Crippen LogP contribution is -2.42. The van der Waals surface area contributed by atoms with Gasteiger partial charge >= 0.3 is 0 Å². The summed E-state index contributed by atoms with van der Waals surface area (Å²) in [4.78, 5) is 13.1. The average molecular weight is 437 g/mol. The Morgan fingerprint density at radius 1 is 0.903 bits per heavy atom. The highest BCUT2D eigenvalue weighted by molar-refractivity contribution is 7.92. The van der Waals surface area contributed by atoms with Gasteiger partial charge in [-0.05, 0) is 55.7 Å². The van der Waals surface area contributed by atoms with Gasteiger partial charge in [-0.15, -0.1) is 0 Å². The summed E-state index contributed by atoms with van der Waals surface area (Å²) in [6, 6.07) is 23.1. The van der Waals surface area contributed by atoms with Crippen molar-refractivity contribution in [3.05, 3.63) is 95.6 Å². The quantitative estimate of drug-likeness (QED) is 0.553. The van der Waals surface area contributed by atoms with Crippen LogP contribution in [-0.4, -0.2) is 20.9 Å². The number of nitrogens with zero attached hydrogens (tertiary/aromatic N) is 1. The predicted molar refractivity (Wildman–Crippen MR) is 125 cm³/mol. The third kappa shape index (κ3) is 5.52. The fourth-order valence-corrected chi connectivity index (χ4v) is 4.84. The molecule has 1 unspecified atom stereocenters. The second-order valence-corrected chi connectivity index (χ2v) is 9.47. The van der Waals surface area contributed by atoms with E-state index in [2.05, 4.69) is 5.32 Å². The van der Waals surface area contributed by atoms with Crippen LogP contribution in [0.2, 0.25) is 0 Å².